The van der Waals surface area contributed by atoms with Gasteiger partial charge in [0.15, 0.2) is 0 Å². The Balaban J connectivity index is 1.37. The summed E-state index contributed by atoms with van der Waals surface area (Å²) < 4.78 is 0.252. The van der Waals surface area contributed by atoms with Gasteiger partial charge in [0.1, 0.15) is 0 Å². The third-order valence-corrected chi connectivity index (χ3v) is 7.49. The maximum Gasteiger partial charge on any atom is 0.226 e. The number of nitrogens with one attached hydrogen (secondary N) is 1. The summed E-state index contributed by atoms with van der Waals surface area (Å²) in [6, 6.07) is 10.8. The molecule has 0 spiro atoms. The normalized spacial score (nSPS) is 38.1. The number of hydrogen-bond donors (Lipinski definition) is 1. The van der Waals surface area contributed by atoms with Crippen molar-refractivity contribution in [3.05, 3.63) is 35.9 Å². The van der Waals surface area contributed by atoms with Gasteiger partial charge in [-0.05, 0) is 75.7 Å². The Labute approximate surface area is 153 Å². The van der Waals surface area contributed by atoms with Crippen molar-refractivity contribution in [2.75, 3.05) is 0 Å². The number of carbonyl (C=O) groups is 1. The SMILES string of the molecule is CC(CCc1ccccc1)NC(=O)C12CC3CC(CC(Br)(C3)C1)C2. The lowest BCUT2D eigenvalue weighted by Gasteiger charge is -2.59. The summed E-state index contributed by atoms with van der Waals surface area (Å²) in [6.07, 6.45) is 9.24. The van der Waals surface area contributed by atoms with Crippen molar-refractivity contribution in [1.82, 2.24) is 5.32 Å². The minimum atomic E-state index is -0.0887. The first-order valence-electron chi connectivity index (χ1n) is 9.50. The van der Waals surface area contributed by atoms with Crippen molar-refractivity contribution in [1.29, 1.82) is 0 Å². The van der Waals surface area contributed by atoms with E-state index in [1.807, 2.05) is 0 Å². The molecular weight excluding hydrogens is 362 g/mol. The van der Waals surface area contributed by atoms with Crippen molar-refractivity contribution >= 4 is 21.8 Å². The predicted octanol–water partition coefficient (Wildman–Crippen LogP) is 4.86. The fraction of sp³-hybridized carbons (Fsp3) is 0.667. The van der Waals surface area contributed by atoms with Crippen LogP contribution in [0, 0.1) is 17.3 Å². The molecule has 3 unspecified atom stereocenters. The van der Waals surface area contributed by atoms with E-state index in [9.17, 15) is 4.79 Å². The molecule has 1 aromatic rings. The van der Waals surface area contributed by atoms with Gasteiger partial charge in [0.05, 0.1) is 5.41 Å². The molecule has 24 heavy (non-hydrogen) atoms. The van der Waals surface area contributed by atoms with E-state index in [1.54, 1.807) is 0 Å². The quantitative estimate of drug-likeness (QED) is 0.715. The Kier molecular flexibility index (Phi) is 4.27. The zero-order valence-corrected chi connectivity index (χ0v) is 16.1. The highest BCUT2D eigenvalue weighted by atomic mass is 79.9. The number of hydrogen-bond acceptors (Lipinski definition) is 1. The van der Waals surface area contributed by atoms with Gasteiger partial charge in [-0.15, -0.1) is 0 Å². The minimum Gasteiger partial charge on any atom is -0.353 e. The zero-order chi connectivity index (χ0) is 16.8. The molecule has 4 aliphatic carbocycles. The molecule has 0 radical (unpaired) electrons. The van der Waals surface area contributed by atoms with Gasteiger partial charge in [-0.1, -0.05) is 46.3 Å². The van der Waals surface area contributed by atoms with Gasteiger partial charge in [-0.2, -0.15) is 0 Å². The summed E-state index contributed by atoms with van der Waals surface area (Å²) in [6.45, 7) is 2.16. The first-order chi connectivity index (χ1) is 11.5. The van der Waals surface area contributed by atoms with Gasteiger partial charge in [0.2, 0.25) is 5.91 Å². The van der Waals surface area contributed by atoms with Crippen LogP contribution < -0.4 is 5.32 Å². The highest BCUT2D eigenvalue weighted by Gasteiger charge is 2.59. The highest BCUT2D eigenvalue weighted by Crippen LogP contribution is 2.64. The first kappa shape index (κ1) is 16.6. The molecule has 4 fully saturated rings. The average molecular weight is 390 g/mol. The lowest BCUT2D eigenvalue weighted by molar-refractivity contribution is -0.144. The Bertz CT molecular complexity index is 600. The van der Waals surface area contributed by atoms with E-state index < -0.39 is 0 Å². The maximum atomic E-state index is 13.1. The number of halogens is 1. The third-order valence-electron chi connectivity index (χ3n) is 6.56. The topological polar surface area (TPSA) is 29.1 Å². The molecule has 1 N–H and O–H groups in total. The first-order valence-corrected chi connectivity index (χ1v) is 10.3. The summed E-state index contributed by atoms with van der Waals surface area (Å²) >= 11 is 4.01. The summed E-state index contributed by atoms with van der Waals surface area (Å²) in [5.74, 6) is 1.85. The van der Waals surface area contributed by atoms with Crippen molar-refractivity contribution in [3.8, 4) is 0 Å². The number of rotatable bonds is 5. The summed E-state index contributed by atoms with van der Waals surface area (Å²) in [5.41, 5.74) is 1.27. The van der Waals surface area contributed by atoms with E-state index in [0.717, 1.165) is 43.9 Å². The van der Waals surface area contributed by atoms with Gasteiger partial charge >= 0.3 is 0 Å². The van der Waals surface area contributed by atoms with Crippen LogP contribution in [-0.2, 0) is 11.2 Å². The Morgan fingerprint density at radius 3 is 2.50 bits per heavy atom. The number of aryl methyl sites for hydroxylation is 1. The molecule has 2 nitrogen and oxygen atoms in total. The van der Waals surface area contributed by atoms with Gasteiger partial charge in [0.25, 0.3) is 0 Å². The molecule has 0 heterocycles. The van der Waals surface area contributed by atoms with Crippen LogP contribution in [0.15, 0.2) is 30.3 Å². The summed E-state index contributed by atoms with van der Waals surface area (Å²) in [4.78, 5) is 13.1. The molecule has 1 amide bonds. The highest BCUT2D eigenvalue weighted by molar-refractivity contribution is 9.10. The van der Waals surface area contributed by atoms with Crippen LogP contribution in [0.25, 0.3) is 0 Å². The molecule has 0 aromatic heterocycles. The van der Waals surface area contributed by atoms with Gasteiger partial charge < -0.3 is 5.32 Å². The van der Waals surface area contributed by atoms with Crippen molar-refractivity contribution in [3.63, 3.8) is 0 Å². The van der Waals surface area contributed by atoms with Crippen LogP contribution in [0.3, 0.4) is 0 Å². The summed E-state index contributed by atoms with van der Waals surface area (Å²) in [7, 11) is 0. The lowest BCUT2D eigenvalue weighted by Crippen LogP contribution is -2.59. The fourth-order valence-corrected chi connectivity index (χ4v) is 7.35. The van der Waals surface area contributed by atoms with E-state index in [4.69, 9.17) is 0 Å². The van der Waals surface area contributed by atoms with Gasteiger partial charge in [-0.3, -0.25) is 4.79 Å². The molecule has 5 rings (SSSR count). The number of alkyl halides is 1. The molecule has 130 valence electrons. The Hall–Kier alpha value is -0.830. The second-order valence-corrected chi connectivity index (χ2v) is 10.5. The van der Waals surface area contributed by atoms with Crippen molar-refractivity contribution in [2.45, 2.75) is 68.7 Å². The van der Waals surface area contributed by atoms with Crippen molar-refractivity contribution < 1.29 is 4.79 Å². The second-order valence-electron chi connectivity index (χ2n) is 8.79. The van der Waals surface area contributed by atoms with E-state index in [-0.39, 0.29) is 15.8 Å². The lowest BCUT2D eigenvalue weighted by atomic mass is 9.49. The smallest absolute Gasteiger partial charge is 0.226 e. The Morgan fingerprint density at radius 2 is 1.88 bits per heavy atom. The molecule has 1 aromatic carbocycles. The molecule has 0 saturated heterocycles. The number of carbonyl (C=O) groups excluding carboxylic acids is 1. The van der Waals surface area contributed by atoms with E-state index in [0.29, 0.717) is 5.91 Å². The minimum absolute atomic E-state index is 0.0887. The van der Waals surface area contributed by atoms with E-state index in [1.165, 1.54) is 24.8 Å². The molecular formula is C21H28BrNO. The number of amides is 1. The number of benzene rings is 1. The van der Waals surface area contributed by atoms with Gasteiger partial charge in [-0.25, -0.2) is 0 Å². The molecule has 3 heteroatoms. The maximum absolute atomic E-state index is 13.1. The fourth-order valence-electron chi connectivity index (χ4n) is 5.89. The Morgan fingerprint density at radius 1 is 1.21 bits per heavy atom. The van der Waals surface area contributed by atoms with E-state index >= 15 is 0 Å². The molecule has 4 bridgehead atoms. The molecule has 0 aliphatic heterocycles. The molecule has 3 atom stereocenters. The van der Waals surface area contributed by atoms with Crippen LogP contribution in [-0.4, -0.2) is 16.3 Å². The molecule has 4 saturated carbocycles. The predicted molar refractivity (Wildman–Crippen MR) is 101 cm³/mol. The zero-order valence-electron chi connectivity index (χ0n) is 14.6. The standard InChI is InChI=1S/C21H28BrNO/c1-15(7-8-16-5-3-2-4-6-16)23-19(24)20-10-17-9-18(11-20)13-21(22,12-17)14-20/h2-6,15,17-18H,7-14H2,1H3,(H,23,24). The monoisotopic (exact) mass is 389 g/mol. The van der Waals surface area contributed by atoms with Crippen LogP contribution >= 0.6 is 15.9 Å². The van der Waals surface area contributed by atoms with Gasteiger partial charge in [0, 0.05) is 10.4 Å². The largest absolute Gasteiger partial charge is 0.353 e. The van der Waals surface area contributed by atoms with Crippen LogP contribution in [0.4, 0.5) is 0 Å². The third kappa shape index (κ3) is 3.16. The second kappa shape index (κ2) is 6.16. The summed E-state index contributed by atoms with van der Waals surface area (Å²) in [5, 5.41) is 3.36. The van der Waals surface area contributed by atoms with Crippen LogP contribution in [0.1, 0.15) is 57.4 Å². The molecule has 4 aliphatic rings. The average Bonchev–Trinajstić information content (AvgIpc) is 2.51. The van der Waals surface area contributed by atoms with Crippen LogP contribution in [0.2, 0.25) is 0 Å². The van der Waals surface area contributed by atoms with Crippen molar-refractivity contribution in [2.24, 2.45) is 17.3 Å². The van der Waals surface area contributed by atoms with Crippen LogP contribution in [0.5, 0.6) is 0 Å². The van der Waals surface area contributed by atoms with E-state index in [2.05, 4.69) is 58.5 Å².